The first kappa shape index (κ1) is 14.0. The summed E-state index contributed by atoms with van der Waals surface area (Å²) in [5.74, 6) is 1.20. The number of aromatic nitrogens is 3. The second-order valence-corrected chi connectivity index (χ2v) is 9.01. The molecule has 0 aliphatic carbocycles. The number of nitrogens with one attached hydrogen (secondary N) is 1. The minimum absolute atomic E-state index is 0. The molecule has 7 nitrogen and oxygen atoms in total. The minimum Gasteiger partial charge on any atom is -0.407 e. The topological polar surface area (TPSA) is 75.2 Å². The number of nitrogens with two attached hydrogens (primary N) is 1. The number of aryl methyl sites for hydroxylation is 2. The van der Waals surface area contributed by atoms with Crippen LogP contribution in [0.15, 0.2) is 48.8 Å². The predicted molar refractivity (Wildman–Crippen MR) is 187 cm³/mol. The van der Waals surface area contributed by atoms with Crippen LogP contribution in [0.25, 0.3) is 16.7 Å². The van der Waals surface area contributed by atoms with Gasteiger partial charge in [0.15, 0.2) is 0 Å². The zero-order valence-corrected chi connectivity index (χ0v) is 24.7. The van der Waals surface area contributed by atoms with Crippen molar-refractivity contribution >= 4 is 33.9 Å². The zero-order valence-electron chi connectivity index (χ0n) is 58.6. The van der Waals surface area contributed by atoms with E-state index in [0.29, 0.717) is 17.5 Å². The van der Waals surface area contributed by atoms with Gasteiger partial charge >= 0.3 is 0 Å². The molecule has 0 aliphatic heterocycles. The summed E-state index contributed by atoms with van der Waals surface area (Å²) in [6.07, 6.45) is 5.73. The van der Waals surface area contributed by atoms with Gasteiger partial charge in [-0.3, -0.25) is 4.98 Å². The number of hydrogen-bond donors (Lipinski definition) is 2. The standard InChI is InChI=1S/C25H30N7.C3H7.2Co.18H2/c1-17-14-23(31(5)13-12-30(3)4)20(26)15-21(17)28-25-27-11-10-24(29-25)32-16-18(2)19-8-6-7-9-22(19)32;1-3-2;;;;;;;;;;;;;;;;;;;;/h6-9,11,14-16H,12-13,26H2,1-5H3,(H,27,28,29);3H,1-2H3;;;18*1H/q2*-1;;;;;;;;;;;;;;;;;;;;/i;;;;18*1+2T. The Bertz CT molecular complexity index is 1340. The van der Waals surface area contributed by atoms with Gasteiger partial charge in [-0.1, -0.05) is 18.2 Å². The number of likely N-dealkylation sites (N-methyl/N-ethyl adjacent to an activating group) is 2. The summed E-state index contributed by atoms with van der Waals surface area (Å²) in [6.45, 7) is 10.0. The molecule has 0 amide bonds. The first-order valence-electron chi connectivity index (χ1n) is 29.8. The van der Waals surface area contributed by atoms with Gasteiger partial charge in [-0.15, -0.1) is 6.20 Å². The van der Waals surface area contributed by atoms with E-state index in [1.807, 2.05) is 43.0 Å². The van der Waals surface area contributed by atoms with E-state index in [1.54, 1.807) is 6.20 Å². The summed E-state index contributed by atoms with van der Waals surface area (Å²) < 4.78 is 182. The van der Waals surface area contributed by atoms with Crippen LogP contribution in [0.1, 0.15) is 78.4 Å². The summed E-state index contributed by atoms with van der Waals surface area (Å²) in [6, 6.07) is 15.5. The van der Waals surface area contributed by atoms with Gasteiger partial charge in [0.2, 0.25) is 5.95 Å². The molecule has 3 N–H and O–H groups in total. The Morgan fingerprint density at radius 1 is 1.08 bits per heavy atom. The molecule has 0 unspecified atom stereocenters. The van der Waals surface area contributed by atoms with Crippen molar-refractivity contribution in [3.63, 3.8) is 0 Å². The fourth-order valence-corrected chi connectivity index (χ4v) is 3.79. The zero-order chi connectivity index (χ0) is 61.5. The predicted octanol–water partition coefficient (Wildman–Crippen LogP) is 9.81. The molecular weight excluding hydrogens is 552 g/mol. The van der Waals surface area contributed by atoms with Gasteiger partial charge in [0.1, 0.15) is 0 Å². The minimum atomic E-state index is 0. The van der Waals surface area contributed by atoms with Gasteiger partial charge in [-0.05, 0) is 63.1 Å². The largest absolute Gasteiger partial charge is 0.407 e. The van der Waals surface area contributed by atoms with Gasteiger partial charge in [0.25, 0.3) is 0 Å². The maximum Gasteiger partial charge on any atom is 0.223 e. The Kier molecular flexibility index (Phi) is 5.67. The Morgan fingerprint density at radius 3 is 2.43 bits per heavy atom. The summed E-state index contributed by atoms with van der Waals surface area (Å²) >= 11 is 0. The molecule has 2 heterocycles. The third kappa shape index (κ3) is 8.21. The SMILES string of the molecule is C[CH-]C.Cc1cc(N(C)CCN(C)C)c(N)cc1Nc1nc[c-]c(-n2cc(C)c3ccccc32)n1.[3H][3H].[3H][3H].[3H][3H].[3H][3H].[3H][3H].[3H][3H].[3H][3H].[3H][3H].[3H][3H].[3H][3H].[3H][3H].[3H][3H].[3H][3H].[3H][3H].[3H][3H].[3H][3H].[3H][3H].[3H][3H].[Co].[Co]. The third-order valence-corrected chi connectivity index (χ3v) is 5.65. The van der Waals surface area contributed by atoms with Crippen LogP contribution in [0.2, 0.25) is 0 Å². The number of anilines is 4. The van der Waals surface area contributed by atoms with E-state index in [0.717, 1.165) is 35.5 Å². The number of benzene rings is 2. The molecule has 9 heteroatoms. The van der Waals surface area contributed by atoms with Gasteiger partial charge in [0.05, 0.1) is 16.9 Å². The van der Waals surface area contributed by atoms with E-state index in [9.17, 15) is 0 Å². The van der Waals surface area contributed by atoms with Gasteiger partial charge in [-0.2, -0.15) is 13.8 Å². The van der Waals surface area contributed by atoms with Crippen molar-refractivity contribution in [3.05, 3.63) is 72.4 Å². The molecule has 2 aromatic carbocycles. The fourth-order valence-electron chi connectivity index (χ4n) is 3.79. The molecule has 0 bridgehead atoms. The number of para-hydroxylation sites is 1. The monoisotopic (exact) mass is 698 g/mol. The van der Waals surface area contributed by atoms with Crippen LogP contribution < -0.4 is 16.0 Å². The first-order valence-corrected chi connectivity index (χ1v) is 11.8. The molecule has 0 fully saturated rings. The third-order valence-electron chi connectivity index (χ3n) is 5.65. The molecule has 4 rings (SSSR count). The molecule has 0 saturated carbocycles. The number of hydrogen-bond acceptors (Lipinski definition) is 6. The number of rotatable bonds is 7. The van der Waals surface area contributed by atoms with Crippen molar-refractivity contribution in [3.8, 4) is 5.82 Å². The molecule has 0 spiro atoms. The van der Waals surface area contributed by atoms with E-state index >= 15 is 0 Å². The van der Waals surface area contributed by atoms with Gasteiger partial charge in [0, 0.05) is 124 Å². The molecule has 37 heavy (non-hydrogen) atoms. The van der Waals surface area contributed by atoms with Crippen LogP contribution in [-0.4, -0.2) is 53.7 Å². The smallest absolute Gasteiger partial charge is 0.223 e. The van der Waals surface area contributed by atoms with Crippen molar-refractivity contribution in [2.75, 3.05) is 50.2 Å². The number of nitrogens with zero attached hydrogens (tertiary/aromatic N) is 5. The van der Waals surface area contributed by atoms with Gasteiger partial charge < -0.3 is 37.9 Å². The van der Waals surface area contributed by atoms with Crippen LogP contribution >= 0.6 is 0 Å². The van der Waals surface area contributed by atoms with Crippen LogP contribution in [0.4, 0.5) is 23.0 Å². The summed E-state index contributed by atoms with van der Waals surface area (Å²) in [5.41, 5.74) is 12.4. The molecule has 2 aromatic heterocycles. The Hall–Kier alpha value is -2.57. The van der Waals surface area contributed by atoms with Crippen LogP contribution in [0.3, 0.4) is 0 Å². The summed E-state index contributed by atoms with van der Waals surface area (Å²) in [4.78, 5) is 13.4. The Labute approximate surface area is 297 Å². The van der Waals surface area contributed by atoms with Crippen molar-refractivity contribution < 1.29 is 87.0 Å². The maximum atomic E-state index is 6.39. The second kappa shape index (κ2) is 15.0. The van der Waals surface area contributed by atoms with E-state index < -0.39 is 0 Å². The van der Waals surface area contributed by atoms with Crippen molar-refractivity contribution in [1.29, 1.82) is 0 Å². The summed E-state index contributed by atoms with van der Waals surface area (Å²) in [7, 11) is 6.20. The van der Waals surface area contributed by atoms with Crippen molar-refractivity contribution in [1.82, 2.24) is 19.4 Å². The van der Waals surface area contributed by atoms with Crippen LogP contribution in [0.5, 0.6) is 0 Å². The van der Waals surface area contributed by atoms with E-state index in [4.69, 9.17) is 64.2 Å². The second-order valence-electron chi connectivity index (χ2n) is 9.01. The van der Waals surface area contributed by atoms with E-state index in [-0.39, 0.29) is 33.6 Å². The van der Waals surface area contributed by atoms with Crippen molar-refractivity contribution in [2.24, 2.45) is 0 Å². The quantitative estimate of drug-likeness (QED) is 0.148. The molecule has 0 aliphatic rings. The molecule has 0 atom stereocenters. The average Bonchev–Trinajstić information content (AvgIpc) is 3.84. The average molecular weight is 698 g/mol. The van der Waals surface area contributed by atoms with Crippen molar-refractivity contribution in [2.45, 2.75) is 27.7 Å². The van der Waals surface area contributed by atoms with E-state index in [1.165, 1.54) is 10.9 Å². The Morgan fingerprint density at radius 2 is 1.76 bits per heavy atom. The fraction of sp³-hybridized carbons (Fsp3) is 0.321. The molecule has 240 valence electrons. The first-order chi connectivity index (χ1) is 34.7. The molecular formula is C28H73Co2N7-2. The normalized spacial score (nSPS) is 14.2. The molecule has 0 saturated heterocycles. The molecule has 4 aromatic rings. The van der Waals surface area contributed by atoms with Crippen LogP contribution in [-0.2, 0) is 33.6 Å². The van der Waals surface area contributed by atoms with Crippen LogP contribution in [0, 0.1) is 26.3 Å². The van der Waals surface area contributed by atoms with Gasteiger partial charge in [-0.25, -0.2) is 4.98 Å². The summed E-state index contributed by atoms with van der Waals surface area (Å²) in [5, 5.41) is 4.53. The number of nitrogen functional groups attached to an aromatic ring is 1. The molecule has 2 radical (unpaired) electrons. The maximum absolute atomic E-state index is 6.39. The Balaban J connectivity index is -0.0000000390. The van der Waals surface area contributed by atoms with E-state index in [2.05, 4.69) is 85.6 Å². The number of fused-ring (bicyclic) bond motifs is 1.